The van der Waals surface area contributed by atoms with Gasteiger partial charge in [0.25, 0.3) is 0 Å². The van der Waals surface area contributed by atoms with Crippen LogP contribution >= 0.6 is 12.4 Å². The summed E-state index contributed by atoms with van der Waals surface area (Å²) in [5, 5.41) is 0. The summed E-state index contributed by atoms with van der Waals surface area (Å²) in [7, 11) is 8.59. The molecule has 0 aliphatic carbocycles. The molecule has 1 atom stereocenters. The van der Waals surface area contributed by atoms with Crippen molar-refractivity contribution in [2.45, 2.75) is 6.42 Å². The topological polar surface area (TPSA) is 48.0 Å². The van der Waals surface area contributed by atoms with Gasteiger partial charge in [-0.05, 0) is 38.2 Å². The molecule has 0 aliphatic heterocycles. The van der Waals surface area contributed by atoms with Gasteiger partial charge >= 0.3 is 0 Å². The van der Waals surface area contributed by atoms with Crippen LogP contribution in [-0.4, -0.2) is 52.7 Å². The van der Waals surface area contributed by atoms with Gasteiger partial charge in [0.1, 0.15) is 0 Å². The van der Waals surface area contributed by atoms with Crippen LogP contribution in [0.15, 0.2) is 42.5 Å². The Hall–Kier alpha value is -2.24. The van der Waals surface area contributed by atoms with E-state index in [4.69, 9.17) is 14.2 Å². The van der Waals surface area contributed by atoms with Gasteiger partial charge in [-0.1, -0.05) is 30.3 Å². The summed E-state index contributed by atoms with van der Waals surface area (Å²) in [6.07, 6.45) is 0.675. The van der Waals surface area contributed by atoms with E-state index in [-0.39, 0.29) is 24.1 Å². The second kappa shape index (κ2) is 10.8. The monoisotopic (exact) mass is 393 g/mol. The highest BCUT2D eigenvalue weighted by Gasteiger charge is 2.24. The maximum atomic E-state index is 13.2. The van der Waals surface area contributed by atoms with Crippen molar-refractivity contribution in [3.63, 3.8) is 0 Å². The molecule has 0 saturated carbocycles. The molecule has 1 unspecified atom stereocenters. The van der Waals surface area contributed by atoms with Gasteiger partial charge in [-0.3, -0.25) is 4.79 Å². The number of carbonyl (C=O) groups is 1. The predicted molar refractivity (Wildman–Crippen MR) is 110 cm³/mol. The smallest absolute Gasteiger partial charge is 0.203 e. The summed E-state index contributed by atoms with van der Waals surface area (Å²) in [6.45, 7) is 0.657. The van der Waals surface area contributed by atoms with Crippen LogP contribution in [0.25, 0.3) is 0 Å². The van der Waals surface area contributed by atoms with Crippen LogP contribution in [0.2, 0.25) is 0 Å². The second-order valence-corrected chi connectivity index (χ2v) is 6.43. The highest BCUT2D eigenvalue weighted by molar-refractivity contribution is 5.99. The van der Waals surface area contributed by atoms with Crippen LogP contribution in [0, 0.1) is 5.92 Å². The number of halogens is 1. The number of carbonyl (C=O) groups excluding carboxylic acids is 1. The molecule has 2 aromatic rings. The van der Waals surface area contributed by atoms with E-state index in [2.05, 4.69) is 0 Å². The number of ketones is 1. The Bertz CT molecular complexity index is 709. The predicted octanol–water partition coefficient (Wildman–Crippen LogP) is 3.74. The van der Waals surface area contributed by atoms with Crippen molar-refractivity contribution >= 4 is 18.2 Å². The molecule has 27 heavy (non-hydrogen) atoms. The molecule has 0 amide bonds. The Labute approximate surface area is 167 Å². The molecule has 0 fully saturated rings. The number of rotatable bonds is 9. The summed E-state index contributed by atoms with van der Waals surface area (Å²) in [5.41, 5.74) is 1.70. The van der Waals surface area contributed by atoms with Gasteiger partial charge in [-0.15, -0.1) is 12.4 Å². The first-order valence-corrected chi connectivity index (χ1v) is 8.53. The Morgan fingerprint density at radius 3 is 1.96 bits per heavy atom. The minimum atomic E-state index is -0.171. The summed E-state index contributed by atoms with van der Waals surface area (Å²) in [4.78, 5) is 15.3. The van der Waals surface area contributed by atoms with Crippen molar-refractivity contribution in [1.82, 2.24) is 4.90 Å². The fourth-order valence-corrected chi connectivity index (χ4v) is 3.04. The zero-order valence-corrected chi connectivity index (χ0v) is 17.3. The van der Waals surface area contributed by atoms with Crippen molar-refractivity contribution in [3.8, 4) is 17.2 Å². The van der Waals surface area contributed by atoms with Crippen molar-refractivity contribution in [1.29, 1.82) is 0 Å². The summed E-state index contributed by atoms with van der Waals surface area (Å²) < 4.78 is 16.1. The molecule has 0 N–H and O–H groups in total. The van der Waals surface area contributed by atoms with E-state index in [9.17, 15) is 4.79 Å². The van der Waals surface area contributed by atoms with Gasteiger partial charge in [0.2, 0.25) is 5.75 Å². The third-order valence-electron chi connectivity index (χ3n) is 4.23. The lowest BCUT2D eigenvalue weighted by Gasteiger charge is -2.21. The molecule has 0 aliphatic rings. The number of methoxy groups -OCH3 is 3. The van der Waals surface area contributed by atoms with Crippen molar-refractivity contribution < 1.29 is 19.0 Å². The molecule has 6 heteroatoms. The van der Waals surface area contributed by atoms with E-state index in [0.717, 1.165) is 5.56 Å². The van der Waals surface area contributed by atoms with Crippen molar-refractivity contribution in [3.05, 3.63) is 53.6 Å². The number of Topliss-reactive ketones (excluding diaryl/α,β-unsaturated/α-hetero) is 1. The molecule has 0 heterocycles. The normalized spacial score (nSPS) is 11.5. The zero-order valence-electron chi connectivity index (χ0n) is 16.5. The zero-order chi connectivity index (χ0) is 19.1. The molecule has 148 valence electrons. The number of hydrogen-bond acceptors (Lipinski definition) is 5. The molecular weight excluding hydrogens is 366 g/mol. The van der Waals surface area contributed by atoms with E-state index in [0.29, 0.717) is 35.8 Å². The van der Waals surface area contributed by atoms with Gasteiger partial charge in [0, 0.05) is 18.0 Å². The standard InChI is InChI=1S/C21H27NO4.ClH/c1-22(2)14-17(11-15-9-7-6-8-10-15)20(23)16-12-18(24-3)21(26-5)19(13-16)25-4;/h6-10,12-13,17H,11,14H2,1-5H3;1H. The SMILES string of the molecule is COc1cc(C(=O)C(Cc2ccccc2)CN(C)C)cc(OC)c1OC.Cl. The van der Waals surface area contributed by atoms with Crippen molar-refractivity contribution in [2.75, 3.05) is 42.0 Å². The quantitative estimate of drug-likeness (QED) is 0.607. The van der Waals surface area contributed by atoms with Crippen LogP contribution in [0.1, 0.15) is 15.9 Å². The Kier molecular flexibility index (Phi) is 9.12. The molecule has 2 aromatic carbocycles. The van der Waals surface area contributed by atoms with E-state index >= 15 is 0 Å². The largest absolute Gasteiger partial charge is 0.493 e. The van der Waals surface area contributed by atoms with Gasteiger partial charge in [0.05, 0.1) is 21.3 Å². The first-order chi connectivity index (χ1) is 12.5. The van der Waals surface area contributed by atoms with Gasteiger partial charge < -0.3 is 19.1 Å². The molecule has 5 nitrogen and oxygen atoms in total. The molecule has 0 aromatic heterocycles. The van der Waals surface area contributed by atoms with Crippen LogP contribution in [0.5, 0.6) is 17.2 Å². The third kappa shape index (κ3) is 5.88. The van der Waals surface area contributed by atoms with Gasteiger partial charge in [-0.25, -0.2) is 0 Å². The highest BCUT2D eigenvalue weighted by Crippen LogP contribution is 2.38. The van der Waals surface area contributed by atoms with Gasteiger partial charge in [-0.2, -0.15) is 0 Å². The Morgan fingerprint density at radius 1 is 0.963 bits per heavy atom. The van der Waals surface area contributed by atoms with Crippen LogP contribution < -0.4 is 14.2 Å². The van der Waals surface area contributed by atoms with E-state index in [1.807, 2.05) is 49.3 Å². The van der Waals surface area contributed by atoms with Crippen molar-refractivity contribution in [2.24, 2.45) is 5.92 Å². The summed E-state index contributed by atoms with van der Waals surface area (Å²) in [6, 6.07) is 13.5. The summed E-state index contributed by atoms with van der Waals surface area (Å²) in [5.74, 6) is 1.34. The highest BCUT2D eigenvalue weighted by atomic mass is 35.5. The van der Waals surface area contributed by atoms with E-state index < -0.39 is 0 Å². The first-order valence-electron chi connectivity index (χ1n) is 8.53. The van der Waals surface area contributed by atoms with Crippen LogP contribution in [0.3, 0.4) is 0 Å². The molecule has 0 bridgehead atoms. The van der Waals surface area contributed by atoms with Gasteiger partial charge in [0.15, 0.2) is 17.3 Å². The maximum Gasteiger partial charge on any atom is 0.203 e. The van der Waals surface area contributed by atoms with E-state index in [1.165, 1.54) is 0 Å². The Balaban J connectivity index is 0.00000364. The molecule has 0 saturated heterocycles. The molecule has 0 radical (unpaired) electrons. The third-order valence-corrected chi connectivity index (χ3v) is 4.23. The lowest BCUT2D eigenvalue weighted by atomic mass is 9.90. The molecule has 0 spiro atoms. The summed E-state index contributed by atoms with van der Waals surface area (Å²) >= 11 is 0. The lowest BCUT2D eigenvalue weighted by Crippen LogP contribution is -2.29. The second-order valence-electron chi connectivity index (χ2n) is 6.43. The minimum absolute atomic E-state index is 0. The molecular formula is C21H28ClNO4. The average molecular weight is 394 g/mol. The maximum absolute atomic E-state index is 13.2. The Morgan fingerprint density at radius 2 is 1.52 bits per heavy atom. The first kappa shape index (κ1) is 22.8. The van der Waals surface area contributed by atoms with E-state index in [1.54, 1.807) is 33.5 Å². The number of ether oxygens (including phenoxy) is 3. The van der Waals surface area contributed by atoms with Crippen LogP contribution in [-0.2, 0) is 6.42 Å². The molecule has 2 rings (SSSR count). The fourth-order valence-electron chi connectivity index (χ4n) is 3.04. The minimum Gasteiger partial charge on any atom is -0.493 e. The number of benzene rings is 2. The fraction of sp³-hybridized carbons (Fsp3) is 0.381. The average Bonchev–Trinajstić information content (AvgIpc) is 2.66. The lowest BCUT2D eigenvalue weighted by molar-refractivity contribution is 0.0896. The number of hydrogen-bond donors (Lipinski definition) is 0. The number of nitrogens with zero attached hydrogens (tertiary/aromatic N) is 1. The van der Waals surface area contributed by atoms with Crippen LogP contribution in [0.4, 0.5) is 0 Å².